The van der Waals surface area contributed by atoms with Crippen molar-refractivity contribution >= 4 is 18.0 Å². The van der Waals surface area contributed by atoms with Gasteiger partial charge in [0, 0.05) is 29.5 Å². The lowest BCUT2D eigenvalue weighted by molar-refractivity contribution is -0.384. The first-order valence-electron chi connectivity index (χ1n) is 9.15. The van der Waals surface area contributed by atoms with Gasteiger partial charge in [-0.15, -0.1) is 0 Å². The van der Waals surface area contributed by atoms with Gasteiger partial charge < -0.3 is 4.74 Å². The molecule has 1 amide bonds. The highest BCUT2D eigenvalue weighted by Gasteiger charge is 2.16. The van der Waals surface area contributed by atoms with Gasteiger partial charge in [0.05, 0.1) is 16.8 Å². The van der Waals surface area contributed by atoms with E-state index in [1.54, 1.807) is 43.8 Å². The number of non-ortho nitro benzene ring substituents is 1. The number of carbonyl (C=O) groups excluding carboxylic acids is 1. The molecule has 3 rings (SSSR count). The van der Waals surface area contributed by atoms with Crippen LogP contribution in [0.3, 0.4) is 0 Å². The molecule has 0 aliphatic carbocycles. The van der Waals surface area contributed by atoms with E-state index in [9.17, 15) is 14.9 Å². The third-order valence-corrected chi connectivity index (χ3v) is 3.87. The normalized spacial score (nSPS) is 11.4. The molecule has 9 nitrogen and oxygen atoms in total. The van der Waals surface area contributed by atoms with E-state index in [0.717, 1.165) is 5.69 Å². The summed E-state index contributed by atoms with van der Waals surface area (Å²) in [6.07, 6.45) is 2.53. The number of nitrogens with one attached hydrogen (secondary N) is 1. The van der Waals surface area contributed by atoms with Crippen molar-refractivity contribution in [3.63, 3.8) is 0 Å². The molecule has 1 N–H and O–H groups in total. The molecule has 30 heavy (non-hydrogen) atoms. The second-order valence-corrected chi connectivity index (χ2v) is 7.39. The lowest BCUT2D eigenvalue weighted by Crippen LogP contribution is -2.29. The second kappa shape index (κ2) is 8.56. The van der Waals surface area contributed by atoms with Crippen molar-refractivity contribution in [1.29, 1.82) is 0 Å². The average Bonchev–Trinajstić information content (AvgIpc) is 3.11. The first-order chi connectivity index (χ1) is 14.2. The predicted molar refractivity (Wildman–Crippen MR) is 113 cm³/mol. The van der Waals surface area contributed by atoms with Crippen molar-refractivity contribution in [2.75, 3.05) is 0 Å². The zero-order valence-electron chi connectivity index (χ0n) is 16.8. The van der Waals surface area contributed by atoms with Crippen molar-refractivity contribution in [3.05, 3.63) is 76.5 Å². The number of nitro groups is 1. The van der Waals surface area contributed by atoms with Gasteiger partial charge in [-0.1, -0.05) is 18.2 Å². The Bertz CT molecular complexity index is 1070. The van der Waals surface area contributed by atoms with E-state index < -0.39 is 16.6 Å². The monoisotopic (exact) mass is 407 g/mol. The summed E-state index contributed by atoms with van der Waals surface area (Å²) in [6.45, 7) is 5.27. The summed E-state index contributed by atoms with van der Waals surface area (Å²) in [6, 6.07) is 15.5. The number of hydrogen-bond acceptors (Lipinski definition) is 6. The van der Waals surface area contributed by atoms with Crippen molar-refractivity contribution in [3.8, 4) is 16.9 Å². The van der Waals surface area contributed by atoms with Gasteiger partial charge in [0.25, 0.3) is 5.69 Å². The van der Waals surface area contributed by atoms with Crippen LogP contribution in [0.2, 0.25) is 0 Å². The number of benzene rings is 2. The molecule has 1 heterocycles. The minimum atomic E-state index is -0.675. The Morgan fingerprint density at radius 3 is 2.43 bits per heavy atom. The molecule has 9 heteroatoms. The topological polar surface area (TPSA) is 112 Å². The van der Waals surface area contributed by atoms with Gasteiger partial charge in [-0.25, -0.2) is 14.9 Å². The van der Waals surface area contributed by atoms with Gasteiger partial charge in [0.15, 0.2) is 0 Å². The SMILES string of the molecule is CC(C)(C)OC(=O)N/N=C/c1cn(-c2ccccc2)nc1-c1ccc([N+](=O)[O-])cc1. The number of hydrogen-bond donors (Lipinski definition) is 1. The Labute approximate surface area is 173 Å². The van der Waals surface area contributed by atoms with Gasteiger partial charge in [-0.05, 0) is 45.0 Å². The number of hydrazone groups is 1. The summed E-state index contributed by atoms with van der Waals surface area (Å²) in [5.74, 6) is 0. The molecule has 154 valence electrons. The number of para-hydroxylation sites is 1. The van der Waals surface area contributed by atoms with Crippen LogP contribution in [0.25, 0.3) is 16.9 Å². The summed E-state index contributed by atoms with van der Waals surface area (Å²) in [4.78, 5) is 22.3. The van der Waals surface area contributed by atoms with Crippen LogP contribution in [0.15, 0.2) is 65.9 Å². The van der Waals surface area contributed by atoms with Crippen LogP contribution in [0.4, 0.5) is 10.5 Å². The van der Waals surface area contributed by atoms with E-state index in [1.807, 2.05) is 30.3 Å². The van der Waals surface area contributed by atoms with Crippen molar-refractivity contribution in [2.24, 2.45) is 5.10 Å². The second-order valence-electron chi connectivity index (χ2n) is 7.39. The number of amides is 1. The van der Waals surface area contributed by atoms with Gasteiger partial charge >= 0.3 is 6.09 Å². The maximum Gasteiger partial charge on any atom is 0.428 e. The molecule has 0 bridgehead atoms. The van der Waals surface area contributed by atoms with E-state index in [-0.39, 0.29) is 5.69 Å². The molecule has 0 aliphatic heterocycles. The molecule has 3 aromatic rings. The predicted octanol–water partition coefficient (Wildman–Crippen LogP) is 4.31. The van der Waals surface area contributed by atoms with E-state index >= 15 is 0 Å². The summed E-state index contributed by atoms with van der Waals surface area (Å²) in [5.41, 5.74) is 4.36. The molecule has 0 unspecified atom stereocenters. The molecular formula is C21H21N5O4. The number of aromatic nitrogens is 2. The highest BCUT2D eigenvalue weighted by Crippen LogP contribution is 2.25. The van der Waals surface area contributed by atoms with Crippen LogP contribution < -0.4 is 5.43 Å². The number of rotatable bonds is 5. The molecule has 0 atom stereocenters. The lowest BCUT2D eigenvalue weighted by atomic mass is 10.1. The highest BCUT2D eigenvalue weighted by atomic mass is 16.6. The van der Waals surface area contributed by atoms with Crippen molar-refractivity contribution in [1.82, 2.24) is 15.2 Å². The quantitative estimate of drug-likeness (QED) is 0.385. The molecule has 0 spiro atoms. The average molecular weight is 407 g/mol. The molecule has 1 aromatic heterocycles. The Balaban J connectivity index is 1.92. The minimum absolute atomic E-state index is 0.0111. The number of nitro benzene ring substituents is 1. The smallest absolute Gasteiger partial charge is 0.428 e. The molecule has 0 saturated heterocycles. The Morgan fingerprint density at radius 1 is 1.17 bits per heavy atom. The van der Waals surface area contributed by atoms with Crippen LogP contribution in [-0.2, 0) is 4.74 Å². The molecular weight excluding hydrogens is 386 g/mol. The van der Waals surface area contributed by atoms with Crippen LogP contribution in [0.1, 0.15) is 26.3 Å². The lowest BCUT2D eigenvalue weighted by Gasteiger charge is -2.18. The fourth-order valence-electron chi connectivity index (χ4n) is 2.62. The molecule has 0 saturated carbocycles. The van der Waals surface area contributed by atoms with E-state index in [2.05, 4.69) is 15.6 Å². The first-order valence-corrected chi connectivity index (χ1v) is 9.15. The zero-order chi connectivity index (χ0) is 21.7. The third-order valence-electron chi connectivity index (χ3n) is 3.87. The summed E-state index contributed by atoms with van der Waals surface area (Å²) in [5, 5.41) is 19.5. The summed E-state index contributed by atoms with van der Waals surface area (Å²) >= 11 is 0. The van der Waals surface area contributed by atoms with Crippen LogP contribution in [0, 0.1) is 10.1 Å². The van der Waals surface area contributed by atoms with Gasteiger partial charge in [0.2, 0.25) is 0 Å². The maximum absolute atomic E-state index is 11.8. The number of ether oxygens (including phenoxy) is 1. The fourth-order valence-corrected chi connectivity index (χ4v) is 2.62. The maximum atomic E-state index is 11.8. The van der Waals surface area contributed by atoms with Gasteiger partial charge in [-0.2, -0.15) is 10.2 Å². The molecule has 2 aromatic carbocycles. The summed E-state index contributed by atoms with van der Waals surface area (Å²) in [7, 11) is 0. The van der Waals surface area contributed by atoms with E-state index in [4.69, 9.17) is 4.74 Å². The van der Waals surface area contributed by atoms with E-state index in [0.29, 0.717) is 16.8 Å². The molecule has 0 fully saturated rings. The molecule has 0 aliphatic rings. The van der Waals surface area contributed by atoms with Gasteiger partial charge in [0.1, 0.15) is 11.3 Å². The summed E-state index contributed by atoms with van der Waals surface area (Å²) < 4.78 is 6.82. The van der Waals surface area contributed by atoms with Crippen molar-refractivity contribution < 1.29 is 14.5 Å². The first kappa shape index (κ1) is 20.7. The standard InChI is InChI=1S/C21H21N5O4/c1-21(2,3)30-20(27)23-22-13-16-14-25(17-7-5-4-6-8-17)24-19(16)15-9-11-18(12-10-15)26(28)29/h4-14H,1-3H3,(H,23,27)/b22-13+. The largest absolute Gasteiger partial charge is 0.443 e. The Morgan fingerprint density at radius 2 is 1.83 bits per heavy atom. The van der Waals surface area contributed by atoms with Crippen LogP contribution in [-0.4, -0.2) is 32.6 Å². The fraction of sp³-hybridized carbons (Fsp3) is 0.190. The number of carbonyl (C=O) groups is 1. The Kier molecular flexibility index (Phi) is 5.91. The zero-order valence-corrected chi connectivity index (χ0v) is 16.8. The Hall–Kier alpha value is -4.01. The van der Waals surface area contributed by atoms with Crippen LogP contribution >= 0.6 is 0 Å². The van der Waals surface area contributed by atoms with Crippen LogP contribution in [0.5, 0.6) is 0 Å². The van der Waals surface area contributed by atoms with Gasteiger partial charge in [-0.3, -0.25) is 10.1 Å². The highest BCUT2D eigenvalue weighted by molar-refractivity contribution is 5.89. The minimum Gasteiger partial charge on any atom is -0.443 e. The third kappa shape index (κ3) is 5.28. The van der Waals surface area contributed by atoms with E-state index in [1.165, 1.54) is 18.3 Å². The molecule has 0 radical (unpaired) electrons. The number of nitrogens with zero attached hydrogens (tertiary/aromatic N) is 4. The van der Waals surface area contributed by atoms with Crippen molar-refractivity contribution in [2.45, 2.75) is 26.4 Å².